The van der Waals surface area contributed by atoms with Crippen molar-refractivity contribution in [2.45, 2.75) is 26.7 Å². The maximum atomic E-state index is 11.7. The number of nitrogens with zero attached hydrogens (tertiary/aromatic N) is 1. The molecule has 0 atom stereocenters. The Bertz CT molecular complexity index is 1460. The molecule has 0 saturated carbocycles. The molecule has 4 nitrogen and oxygen atoms in total. The average molecular weight is 510 g/mol. The number of methoxy groups -OCH3 is 1. The molecule has 0 fully saturated rings. The van der Waals surface area contributed by atoms with E-state index in [-0.39, 0.29) is 5.97 Å². The normalized spacial score (nSPS) is 13.3. The molecule has 0 heterocycles. The van der Waals surface area contributed by atoms with Gasteiger partial charge in [0, 0.05) is 12.5 Å². The van der Waals surface area contributed by atoms with Crippen molar-refractivity contribution in [3.63, 3.8) is 0 Å². The molecule has 3 aromatic carbocycles. The van der Waals surface area contributed by atoms with Crippen molar-refractivity contribution in [1.82, 2.24) is 0 Å². The Morgan fingerprint density at radius 3 is 2.49 bits per heavy atom. The van der Waals surface area contributed by atoms with Crippen LogP contribution in [-0.2, 0) is 16.0 Å². The number of allylic oxidation sites excluding steroid dienone is 4. The lowest BCUT2D eigenvalue weighted by Gasteiger charge is -2.19. The van der Waals surface area contributed by atoms with Gasteiger partial charge in [-0.15, -0.1) is 0 Å². The largest absolute Gasteiger partial charge is 0.497 e. The van der Waals surface area contributed by atoms with Crippen molar-refractivity contribution >= 4 is 40.4 Å². The summed E-state index contributed by atoms with van der Waals surface area (Å²) in [5.74, 6) is 0.316. The molecule has 3 aromatic rings. The van der Waals surface area contributed by atoms with Crippen LogP contribution in [0.1, 0.15) is 48.1 Å². The maximum Gasteiger partial charge on any atom is 0.330 e. The predicted octanol–water partition coefficient (Wildman–Crippen LogP) is 7.78. The first kappa shape index (κ1) is 26.0. The Labute approximate surface area is 223 Å². The number of carbonyl (C=O) groups is 1. The molecule has 186 valence electrons. The van der Waals surface area contributed by atoms with Gasteiger partial charge in [0.05, 0.1) is 24.3 Å². The summed E-state index contributed by atoms with van der Waals surface area (Å²) in [6.45, 7) is 4.21. The Morgan fingerprint density at radius 1 is 1.08 bits per heavy atom. The van der Waals surface area contributed by atoms with Gasteiger partial charge < -0.3 is 9.47 Å². The third-order valence-electron chi connectivity index (χ3n) is 6.42. The second-order valence-corrected chi connectivity index (χ2v) is 8.97. The molecule has 5 heteroatoms. The summed E-state index contributed by atoms with van der Waals surface area (Å²) >= 11 is 6.75. The van der Waals surface area contributed by atoms with Crippen LogP contribution in [0.15, 0.2) is 78.4 Å². The van der Waals surface area contributed by atoms with E-state index in [1.54, 1.807) is 20.1 Å². The highest BCUT2D eigenvalue weighted by atomic mass is 35.5. The van der Waals surface area contributed by atoms with Gasteiger partial charge in [-0.2, -0.15) is 5.26 Å². The van der Waals surface area contributed by atoms with Crippen LogP contribution < -0.4 is 4.74 Å². The van der Waals surface area contributed by atoms with Gasteiger partial charge in [-0.3, -0.25) is 0 Å². The molecule has 4 rings (SSSR count). The van der Waals surface area contributed by atoms with Crippen LogP contribution in [0.4, 0.5) is 0 Å². The smallest absolute Gasteiger partial charge is 0.330 e. The fourth-order valence-corrected chi connectivity index (χ4v) is 5.00. The maximum absolute atomic E-state index is 11.7. The predicted molar refractivity (Wildman–Crippen MR) is 150 cm³/mol. The van der Waals surface area contributed by atoms with E-state index in [1.807, 2.05) is 60.7 Å². The molecule has 0 aromatic heterocycles. The number of hydrogen-bond acceptors (Lipinski definition) is 4. The molecule has 0 radical (unpaired) electrons. The van der Waals surface area contributed by atoms with E-state index in [0.29, 0.717) is 35.8 Å². The van der Waals surface area contributed by atoms with E-state index in [9.17, 15) is 10.1 Å². The standard InChI is InChI=1S/C32H28ClNO3/c1-4-25(27-16-15-24(36-3)19-30(27)33)32(28-18-23-8-6-7-9-26(23)29(28)20-34)22-13-10-21(11-14-22)12-17-31(35)37-5-2/h6-17,19H,4-5,18H2,1-3H3/b17-12+,32-25+. The fourth-order valence-electron chi connectivity index (χ4n) is 4.72. The molecule has 0 amide bonds. The summed E-state index contributed by atoms with van der Waals surface area (Å²) in [5, 5.41) is 10.8. The van der Waals surface area contributed by atoms with Gasteiger partial charge in [0.2, 0.25) is 0 Å². The minimum Gasteiger partial charge on any atom is -0.497 e. The Kier molecular flexibility index (Phi) is 8.28. The number of ether oxygens (including phenoxy) is 2. The number of hydrogen-bond donors (Lipinski definition) is 0. The minimum absolute atomic E-state index is 0.336. The third kappa shape index (κ3) is 5.53. The molecule has 0 spiro atoms. The molecule has 0 N–H and O–H groups in total. The first-order chi connectivity index (χ1) is 18.0. The Morgan fingerprint density at radius 2 is 1.84 bits per heavy atom. The van der Waals surface area contributed by atoms with Gasteiger partial charge in [-0.1, -0.05) is 67.1 Å². The zero-order valence-electron chi connectivity index (χ0n) is 21.2. The SMILES string of the molecule is CCOC(=O)/C=C/c1ccc(/C(C2=C(C#N)c3ccccc3C2)=C(/CC)c2ccc(OC)cc2Cl)cc1. The number of esters is 1. The van der Waals surface area contributed by atoms with Gasteiger partial charge in [-0.05, 0) is 82.2 Å². The molecule has 0 aliphatic heterocycles. The van der Waals surface area contributed by atoms with Gasteiger partial charge >= 0.3 is 5.97 Å². The Balaban J connectivity index is 1.90. The van der Waals surface area contributed by atoms with E-state index in [1.165, 1.54) is 6.08 Å². The van der Waals surface area contributed by atoms with E-state index in [4.69, 9.17) is 21.1 Å². The Hall–Kier alpha value is -4.07. The summed E-state index contributed by atoms with van der Waals surface area (Å²) in [4.78, 5) is 11.7. The van der Waals surface area contributed by atoms with Crippen molar-refractivity contribution in [3.05, 3.63) is 111 Å². The number of rotatable bonds is 8. The van der Waals surface area contributed by atoms with Crippen molar-refractivity contribution in [2.75, 3.05) is 13.7 Å². The van der Waals surface area contributed by atoms with Gasteiger partial charge in [0.1, 0.15) is 11.8 Å². The quantitative estimate of drug-likeness (QED) is 0.177. The first-order valence-corrected chi connectivity index (χ1v) is 12.6. The number of carbonyl (C=O) groups excluding carboxylic acids is 1. The van der Waals surface area contributed by atoms with Crippen LogP contribution in [0, 0.1) is 11.3 Å². The molecule has 0 saturated heterocycles. The van der Waals surface area contributed by atoms with Crippen molar-refractivity contribution in [2.24, 2.45) is 0 Å². The molecular formula is C32H28ClNO3. The van der Waals surface area contributed by atoms with Crippen LogP contribution in [0.5, 0.6) is 5.75 Å². The van der Waals surface area contributed by atoms with Gasteiger partial charge in [-0.25, -0.2) is 4.79 Å². The topological polar surface area (TPSA) is 59.3 Å². The van der Waals surface area contributed by atoms with Crippen LogP contribution >= 0.6 is 11.6 Å². The van der Waals surface area contributed by atoms with E-state index >= 15 is 0 Å². The van der Waals surface area contributed by atoms with Crippen LogP contribution in [0.25, 0.3) is 22.8 Å². The van der Waals surface area contributed by atoms with E-state index in [2.05, 4.69) is 19.1 Å². The lowest BCUT2D eigenvalue weighted by atomic mass is 9.85. The fraction of sp³-hybridized carbons (Fsp3) is 0.188. The number of benzene rings is 3. The number of nitriles is 1. The minimum atomic E-state index is -0.373. The molecule has 0 unspecified atom stereocenters. The molecule has 0 bridgehead atoms. The van der Waals surface area contributed by atoms with Crippen molar-refractivity contribution in [3.8, 4) is 11.8 Å². The van der Waals surface area contributed by atoms with E-state index in [0.717, 1.165) is 44.5 Å². The summed E-state index contributed by atoms with van der Waals surface area (Å²) in [6.07, 6.45) is 4.53. The van der Waals surface area contributed by atoms with Gasteiger partial charge in [0.25, 0.3) is 0 Å². The molecule has 1 aliphatic rings. The monoisotopic (exact) mass is 509 g/mol. The van der Waals surface area contributed by atoms with Crippen LogP contribution in [0.2, 0.25) is 5.02 Å². The average Bonchev–Trinajstić information content (AvgIpc) is 3.29. The van der Waals surface area contributed by atoms with Crippen molar-refractivity contribution in [1.29, 1.82) is 5.26 Å². The highest BCUT2D eigenvalue weighted by molar-refractivity contribution is 6.33. The van der Waals surface area contributed by atoms with E-state index < -0.39 is 0 Å². The molecule has 1 aliphatic carbocycles. The number of halogens is 1. The zero-order valence-corrected chi connectivity index (χ0v) is 21.9. The third-order valence-corrected chi connectivity index (χ3v) is 6.74. The lowest BCUT2D eigenvalue weighted by molar-refractivity contribution is -0.137. The number of fused-ring (bicyclic) bond motifs is 1. The summed E-state index contributed by atoms with van der Waals surface area (Å²) in [5.41, 5.74) is 8.61. The highest BCUT2D eigenvalue weighted by Gasteiger charge is 2.27. The van der Waals surface area contributed by atoms with Crippen LogP contribution in [-0.4, -0.2) is 19.7 Å². The van der Waals surface area contributed by atoms with Gasteiger partial charge in [0.15, 0.2) is 0 Å². The van der Waals surface area contributed by atoms with Crippen molar-refractivity contribution < 1.29 is 14.3 Å². The summed E-state index contributed by atoms with van der Waals surface area (Å²) in [6, 6.07) is 24.2. The summed E-state index contributed by atoms with van der Waals surface area (Å²) in [7, 11) is 1.62. The molecular weight excluding hydrogens is 482 g/mol. The molecule has 37 heavy (non-hydrogen) atoms. The second kappa shape index (κ2) is 11.8. The first-order valence-electron chi connectivity index (χ1n) is 12.2. The lowest BCUT2D eigenvalue weighted by Crippen LogP contribution is -1.99. The van der Waals surface area contributed by atoms with Crippen LogP contribution in [0.3, 0.4) is 0 Å². The second-order valence-electron chi connectivity index (χ2n) is 8.56. The highest BCUT2D eigenvalue weighted by Crippen LogP contribution is 2.45. The summed E-state index contributed by atoms with van der Waals surface area (Å²) < 4.78 is 10.3. The zero-order chi connectivity index (χ0) is 26.4.